The number of aromatic nitrogens is 2. The summed E-state index contributed by atoms with van der Waals surface area (Å²) in [5.74, 6) is 0.694. The first-order valence-electron chi connectivity index (χ1n) is 25.1. The Kier molecular flexibility index (Phi) is 9.50. The maximum Gasteiger partial charge on any atom is 0.160 e. The molecule has 0 atom stereocenters. The summed E-state index contributed by atoms with van der Waals surface area (Å²) in [6, 6.07) is 93.2. The minimum atomic E-state index is -0.522. The van der Waals surface area contributed by atoms with Crippen molar-refractivity contribution in [2.24, 2.45) is 0 Å². The summed E-state index contributed by atoms with van der Waals surface area (Å²) in [6.45, 7) is 4.79. The van der Waals surface area contributed by atoms with Gasteiger partial charge in [-0.05, 0) is 105 Å². The molecule has 0 amide bonds. The summed E-state index contributed by atoms with van der Waals surface area (Å²) in [7, 11) is 0. The van der Waals surface area contributed by atoms with E-state index in [1.807, 2.05) is 0 Å². The predicted molar refractivity (Wildman–Crippen MR) is 299 cm³/mol. The first kappa shape index (κ1) is 41.9. The van der Waals surface area contributed by atoms with E-state index >= 15 is 0 Å². The van der Waals surface area contributed by atoms with E-state index < -0.39 is 5.41 Å². The van der Waals surface area contributed by atoms with Crippen LogP contribution in [0.4, 0.5) is 0 Å². The van der Waals surface area contributed by atoms with E-state index in [1.54, 1.807) is 0 Å². The van der Waals surface area contributed by atoms with Gasteiger partial charge in [0.15, 0.2) is 5.82 Å². The number of hydrogen-bond acceptors (Lipinski definition) is 2. The largest absolute Gasteiger partial charge is 0.228 e. The molecule has 2 aliphatic rings. The van der Waals surface area contributed by atoms with Crippen molar-refractivity contribution in [2.45, 2.75) is 24.7 Å². The Bertz CT molecular complexity index is 4060. The molecule has 14 rings (SSSR count). The maximum absolute atomic E-state index is 5.47. The normalized spacial score (nSPS) is 13.6. The molecule has 0 radical (unpaired) electrons. The highest BCUT2D eigenvalue weighted by Crippen LogP contribution is 2.59. The number of nitrogens with zero attached hydrogens (tertiary/aromatic N) is 2. The molecular weight excluding hydrogens is 869 g/mol. The van der Waals surface area contributed by atoms with Crippen LogP contribution in [0.1, 0.15) is 47.2 Å². The van der Waals surface area contributed by atoms with Crippen molar-refractivity contribution in [2.75, 3.05) is 0 Å². The number of hydrogen-bond donors (Lipinski definition) is 0. The Morgan fingerprint density at radius 1 is 0.306 bits per heavy atom. The second-order valence-electron chi connectivity index (χ2n) is 19.9. The fraction of sp³-hybridized carbons (Fsp3) is 0.0571. The average molecular weight is 917 g/mol. The van der Waals surface area contributed by atoms with Crippen LogP contribution >= 0.6 is 0 Å². The molecule has 0 N–H and O–H groups in total. The standard InChI is InChI=1S/C70H48N2/c1-69(2)66-53(31-18-32-57(66)58-41-40-45-20-12-13-27-52(45)67(58)69)47-38-36-46(37-39-47)51-42-43-56(55-29-15-14-28-54(51)55)63-44-64(72-68(71-63)48-21-6-3-7-22-48)60-33-19-35-62-65(60)59-30-16-17-34-61(59)70(62,49-23-8-4-9-24-49)50-25-10-5-11-26-50/h3-44H,1-2H3. The van der Waals surface area contributed by atoms with Crippen molar-refractivity contribution >= 4 is 21.5 Å². The zero-order valence-electron chi connectivity index (χ0n) is 40.1. The monoisotopic (exact) mass is 916 g/mol. The zero-order chi connectivity index (χ0) is 48.0. The molecule has 338 valence electrons. The van der Waals surface area contributed by atoms with Crippen LogP contribution in [-0.2, 0) is 10.8 Å². The molecule has 1 aromatic heterocycles. The number of benzene rings is 11. The third-order valence-corrected chi connectivity index (χ3v) is 15.8. The fourth-order valence-corrected chi connectivity index (χ4v) is 12.7. The summed E-state index contributed by atoms with van der Waals surface area (Å²) in [5.41, 5.74) is 22.0. The summed E-state index contributed by atoms with van der Waals surface area (Å²) < 4.78 is 0. The van der Waals surface area contributed by atoms with E-state index in [-0.39, 0.29) is 5.41 Å². The summed E-state index contributed by atoms with van der Waals surface area (Å²) in [5, 5.41) is 4.95. The lowest BCUT2D eigenvalue weighted by atomic mass is 9.67. The molecule has 1 heterocycles. The van der Waals surface area contributed by atoms with Gasteiger partial charge in [-0.15, -0.1) is 0 Å². The molecule has 0 saturated heterocycles. The van der Waals surface area contributed by atoms with Crippen LogP contribution in [0.25, 0.3) is 100.0 Å². The average Bonchev–Trinajstić information content (AvgIpc) is 3.90. The molecule has 12 aromatic rings. The second-order valence-corrected chi connectivity index (χ2v) is 19.9. The van der Waals surface area contributed by atoms with Gasteiger partial charge in [0.05, 0.1) is 16.8 Å². The lowest BCUT2D eigenvalue weighted by Crippen LogP contribution is -2.28. The van der Waals surface area contributed by atoms with E-state index in [9.17, 15) is 0 Å². The molecule has 2 nitrogen and oxygen atoms in total. The van der Waals surface area contributed by atoms with Crippen molar-refractivity contribution in [3.63, 3.8) is 0 Å². The van der Waals surface area contributed by atoms with Gasteiger partial charge in [0.2, 0.25) is 0 Å². The molecule has 0 bridgehead atoms. The van der Waals surface area contributed by atoms with Gasteiger partial charge < -0.3 is 0 Å². The van der Waals surface area contributed by atoms with Crippen LogP contribution < -0.4 is 0 Å². The summed E-state index contributed by atoms with van der Waals surface area (Å²) in [4.78, 5) is 10.9. The predicted octanol–water partition coefficient (Wildman–Crippen LogP) is 17.8. The molecule has 72 heavy (non-hydrogen) atoms. The van der Waals surface area contributed by atoms with Crippen molar-refractivity contribution in [3.05, 3.63) is 288 Å². The maximum atomic E-state index is 5.47. The van der Waals surface area contributed by atoms with Gasteiger partial charge in [-0.1, -0.05) is 263 Å². The zero-order valence-corrected chi connectivity index (χ0v) is 40.1. The smallest absolute Gasteiger partial charge is 0.160 e. The molecule has 11 aromatic carbocycles. The van der Waals surface area contributed by atoms with Crippen molar-refractivity contribution in [1.82, 2.24) is 9.97 Å². The van der Waals surface area contributed by atoms with E-state index in [4.69, 9.17) is 9.97 Å². The Morgan fingerprint density at radius 2 is 0.792 bits per heavy atom. The van der Waals surface area contributed by atoms with Crippen molar-refractivity contribution in [1.29, 1.82) is 0 Å². The lowest BCUT2D eigenvalue weighted by molar-refractivity contribution is 0.668. The fourth-order valence-electron chi connectivity index (χ4n) is 12.7. The highest BCUT2D eigenvalue weighted by atomic mass is 14.9. The Labute approximate surface area is 420 Å². The van der Waals surface area contributed by atoms with E-state index in [2.05, 4.69) is 269 Å². The van der Waals surface area contributed by atoms with Gasteiger partial charge in [-0.3, -0.25) is 0 Å². The number of fused-ring (bicyclic) bond motifs is 9. The minimum absolute atomic E-state index is 0.159. The first-order chi connectivity index (χ1) is 35.5. The molecule has 0 aliphatic heterocycles. The third kappa shape index (κ3) is 6.22. The van der Waals surface area contributed by atoms with Crippen LogP contribution in [0.5, 0.6) is 0 Å². The molecular formula is C70H48N2. The number of rotatable bonds is 7. The Morgan fingerprint density at radius 3 is 1.51 bits per heavy atom. The molecule has 0 fully saturated rings. The van der Waals surface area contributed by atoms with Gasteiger partial charge in [-0.2, -0.15) is 0 Å². The highest BCUT2D eigenvalue weighted by molar-refractivity contribution is 6.06. The third-order valence-electron chi connectivity index (χ3n) is 15.8. The first-order valence-corrected chi connectivity index (χ1v) is 25.1. The lowest BCUT2D eigenvalue weighted by Gasteiger charge is -2.33. The minimum Gasteiger partial charge on any atom is -0.228 e. The molecule has 2 aliphatic carbocycles. The van der Waals surface area contributed by atoms with Gasteiger partial charge in [0, 0.05) is 22.1 Å². The summed E-state index contributed by atoms with van der Waals surface area (Å²) in [6.07, 6.45) is 0. The van der Waals surface area contributed by atoms with Crippen LogP contribution in [0.2, 0.25) is 0 Å². The van der Waals surface area contributed by atoms with E-state index in [0.717, 1.165) is 33.5 Å². The van der Waals surface area contributed by atoms with Gasteiger partial charge in [0.25, 0.3) is 0 Å². The molecule has 0 unspecified atom stereocenters. The van der Waals surface area contributed by atoms with E-state index in [0.29, 0.717) is 5.82 Å². The van der Waals surface area contributed by atoms with Crippen LogP contribution in [0, 0.1) is 0 Å². The summed E-state index contributed by atoms with van der Waals surface area (Å²) >= 11 is 0. The van der Waals surface area contributed by atoms with Crippen LogP contribution in [0.15, 0.2) is 255 Å². The molecule has 0 spiro atoms. The topological polar surface area (TPSA) is 25.8 Å². The second kappa shape index (κ2) is 16.3. The van der Waals surface area contributed by atoms with Crippen molar-refractivity contribution < 1.29 is 0 Å². The van der Waals surface area contributed by atoms with Gasteiger partial charge >= 0.3 is 0 Å². The van der Waals surface area contributed by atoms with Crippen LogP contribution in [0.3, 0.4) is 0 Å². The molecule has 2 heteroatoms. The SMILES string of the molecule is CC1(C)c2c(-c3ccc(-c4ccc(-c5cc(-c6cccc7c6-c6ccccc6C7(c6ccccc6)c6ccccc6)nc(-c6ccccc6)n5)c5ccccc45)cc3)cccc2-c2ccc3ccccc3c21. The van der Waals surface area contributed by atoms with Gasteiger partial charge in [-0.25, -0.2) is 9.97 Å². The molecule has 0 saturated carbocycles. The quantitative estimate of drug-likeness (QED) is 0.159. The van der Waals surface area contributed by atoms with Crippen LogP contribution in [-0.4, -0.2) is 9.97 Å². The van der Waals surface area contributed by atoms with Crippen molar-refractivity contribution in [3.8, 4) is 78.4 Å². The van der Waals surface area contributed by atoms with Gasteiger partial charge in [0.1, 0.15) is 0 Å². The Hall–Kier alpha value is -8.98. The Balaban J connectivity index is 0.904. The highest BCUT2D eigenvalue weighted by Gasteiger charge is 2.47. The van der Waals surface area contributed by atoms with E-state index in [1.165, 1.54) is 94.0 Å².